The molecule has 7 heteroatoms. The quantitative estimate of drug-likeness (QED) is 0.486. The first-order chi connectivity index (χ1) is 7.45. The molecule has 0 aliphatic heterocycles. The van der Waals surface area contributed by atoms with Gasteiger partial charge in [0.2, 0.25) is 0 Å². The zero-order chi connectivity index (χ0) is 12.7. The smallest absolute Gasteiger partial charge is 0.277 e. The molecule has 0 aromatic carbocycles. The topological polar surface area (TPSA) is 93.5 Å². The second kappa shape index (κ2) is 7.18. The molecule has 0 bridgehead atoms. The van der Waals surface area contributed by atoms with Crippen molar-refractivity contribution in [3.8, 4) is 0 Å². The Kier molecular flexibility index (Phi) is 7.09. The van der Waals surface area contributed by atoms with Crippen LogP contribution in [0, 0.1) is 0 Å². The predicted octanol–water partition coefficient (Wildman–Crippen LogP) is -0.426. The fraction of sp³-hybridized carbons (Fsp3) is 1.00. The molecule has 0 aliphatic rings. The Hall–Kier alpha value is -0.210. The third-order valence-electron chi connectivity index (χ3n) is 2.69. The Balaban J connectivity index is 4.42. The lowest BCUT2D eigenvalue weighted by molar-refractivity contribution is 0.204. The molecule has 0 atom stereocenters. The first kappa shape index (κ1) is 15.8. The van der Waals surface area contributed by atoms with Crippen molar-refractivity contribution in [3.63, 3.8) is 0 Å². The van der Waals surface area contributed by atoms with Crippen LogP contribution in [-0.4, -0.2) is 40.8 Å². The lowest BCUT2D eigenvalue weighted by Crippen LogP contribution is -2.56. The van der Waals surface area contributed by atoms with Gasteiger partial charge in [-0.05, 0) is 12.8 Å². The van der Waals surface area contributed by atoms with Gasteiger partial charge in [-0.15, -0.1) is 0 Å². The molecule has 0 fully saturated rings. The summed E-state index contributed by atoms with van der Waals surface area (Å²) in [5.41, 5.74) is 5.05. The Bertz CT molecular complexity index is 267. The number of rotatable bonds is 9. The van der Waals surface area contributed by atoms with E-state index in [1.807, 2.05) is 13.8 Å². The van der Waals surface area contributed by atoms with E-state index in [2.05, 4.69) is 9.44 Å². The molecule has 4 N–H and O–H groups in total. The highest BCUT2D eigenvalue weighted by atomic mass is 32.2. The minimum Gasteiger partial charge on any atom is -0.383 e. The van der Waals surface area contributed by atoms with E-state index in [0.717, 1.165) is 0 Å². The third-order valence-corrected chi connectivity index (χ3v) is 3.98. The Morgan fingerprint density at radius 2 is 1.88 bits per heavy atom. The standard InChI is InChI=1S/C9H23N3O3S/c1-4-9(5-2,8-10)12-16(13,14)11-6-7-15-3/h11-12H,4-8,10H2,1-3H3. The molecule has 0 saturated heterocycles. The Labute approximate surface area is 98.1 Å². The lowest BCUT2D eigenvalue weighted by Gasteiger charge is -2.30. The summed E-state index contributed by atoms with van der Waals surface area (Å²) in [6.45, 7) is 4.70. The van der Waals surface area contributed by atoms with Gasteiger partial charge in [0.1, 0.15) is 0 Å². The van der Waals surface area contributed by atoms with E-state index in [4.69, 9.17) is 10.5 Å². The average Bonchev–Trinajstić information content (AvgIpc) is 2.26. The van der Waals surface area contributed by atoms with Crippen LogP contribution in [0.2, 0.25) is 0 Å². The number of nitrogens with one attached hydrogen (secondary N) is 2. The van der Waals surface area contributed by atoms with Gasteiger partial charge >= 0.3 is 0 Å². The first-order valence-electron chi connectivity index (χ1n) is 5.43. The SMILES string of the molecule is CCC(CC)(CN)NS(=O)(=O)NCCOC. The van der Waals surface area contributed by atoms with Gasteiger partial charge in [0, 0.05) is 25.7 Å². The average molecular weight is 253 g/mol. The van der Waals surface area contributed by atoms with Crippen LogP contribution in [0.1, 0.15) is 26.7 Å². The normalized spacial score (nSPS) is 13.0. The van der Waals surface area contributed by atoms with E-state index in [0.29, 0.717) is 19.4 Å². The number of hydrogen-bond acceptors (Lipinski definition) is 4. The minimum absolute atomic E-state index is 0.250. The van der Waals surface area contributed by atoms with Gasteiger partial charge in [-0.2, -0.15) is 17.9 Å². The molecule has 0 saturated carbocycles. The highest BCUT2D eigenvalue weighted by Crippen LogP contribution is 2.13. The van der Waals surface area contributed by atoms with Gasteiger partial charge in [0.25, 0.3) is 10.2 Å². The van der Waals surface area contributed by atoms with E-state index in [1.54, 1.807) is 0 Å². The number of methoxy groups -OCH3 is 1. The summed E-state index contributed by atoms with van der Waals surface area (Å²) < 4.78 is 33.1. The van der Waals surface area contributed by atoms with Gasteiger partial charge in [0.15, 0.2) is 0 Å². The largest absolute Gasteiger partial charge is 0.383 e. The van der Waals surface area contributed by atoms with Crippen molar-refractivity contribution in [2.75, 3.05) is 26.8 Å². The molecule has 0 spiro atoms. The summed E-state index contributed by atoms with van der Waals surface area (Å²) in [7, 11) is -1.99. The van der Waals surface area contributed by atoms with Crippen molar-refractivity contribution in [2.24, 2.45) is 5.73 Å². The number of ether oxygens (including phenoxy) is 1. The Morgan fingerprint density at radius 3 is 2.25 bits per heavy atom. The summed E-state index contributed by atoms with van der Waals surface area (Å²) in [4.78, 5) is 0. The molecule has 0 unspecified atom stereocenters. The van der Waals surface area contributed by atoms with Crippen LogP contribution in [0.15, 0.2) is 0 Å². The third kappa shape index (κ3) is 5.22. The van der Waals surface area contributed by atoms with Gasteiger partial charge in [-0.1, -0.05) is 13.8 Å². The Morgan fingerprint density at radius 1 is 1.31 bits per heavy atom. The fourth-order valence-electron chi connectivity index (χ4n) is 1.32. The molecule has 0 amide bonds. The number of nitrogens with two attached hydrogens (primary N) is 1. The van der Waals surface area contributed by atoms with E-state index >= 15 is 0 Å². The molecule has 6 nitrogen and oxygen atoms in total. The van der Waals surface area contributed by atoms with Crippen molar-refractivity contribution in [1.82, 2.24) is 9.44 Å². The maximum absolute atomic E-state index is 11.7. The van der Waals surface area contributed by atoms with Crippen LogP contribution < -0.4 is 15.2 Å². The summed E-state index contributed by atoms with van der Waals surface area (Å²) >= 11 is 0. The minimum atomic E-state index is -3.51. The molecule has 16 heavy (non-hydrogen) atoms. The fourth-order valence-corrected chi connectivity index (χ4v) is 2.69. The van der Waals surface area contributed by atoms with Crippen LogP contribution in [0.4, 0.5) is 0 Å². The highest BCUT2D eigenvalue weighted by Gasteiger charge is 2.29. The van der Waals surface area contributed by atoms with Crippen LogP contribution in [0.3, 0.4) is 0 Å². The number of hydrogen-bond donors (Lipinski definition) is 3. The zero-order valence-corrected chi connectivity index (χ0v) is 11.1. The van der Waals surface area contributed by atoms with Crippen molar-refractivity contribution < 1.29 is 13.2 Å². The lowest BCUT2D eigenvalue weighted by atomic mass is 9.95. The highest BCUT2D eigenvalue weighted by molar-refractivity contribution is 7.87. The molecule has 0 aromatic heterocycles. The van der Waals surface area contributed by atoms with E-state index in [9.17, 15) is 8.42 Å². The monoisotopic (exact) mass is 253 g/mol. The van der Waals surface area contributed by atoms with Crippen LogP contribution in [-0.2, 0) is 14.9 Å². The molecule has 0 aromatic rings. The van der Waals surface area contributed by atoms with Crippen LogP contribution >= 0.6 is 0 Å². The molecular formula is C9H23N3O3S. The summed E-state index contributed by atoms with van der Waals surface area (Å²) in [6.07, 6.45) is 1.32. The summed E-state index contributed by atoms with van der Waals surface area (Å²) in [5, 5.41) is 0. The summed E-state index contributed by atoms with van der Waals surface area (Å²) in [5.74, 6) is 0. The molecular weight excluding hydrogens is 230 g/mol. The van der Waals surface area contributed by atoms with E-state index < -0.39 is 15.7 Å². The van der Waals surface area contributed by atoms with E-state index in [1.165, 1.54) is 7.11 Å². The second-order valence-electron chi connectivity index (χ2n) is 3.68. The van der Waals surface area contributed by atoms with Crippen LogP contribution in [0.5, 0.6) is 0 Å². The first-order valence-corrected chi connectivity index (χ1v) is 6.91. The van der Waals surface area contributed by atoms with Gasteiger partial charge in [0.05, 0.1) is 6.61 Å². The maximum Gasteiger partial charge on any atom is 0.277 e. The van der Waals surface area contributed by atoms with Crippen molar-refractivity contribution in [1.29, 1.82) is 0 Å². The molecule has 98 valence electrons. The van der Waals surface area contributed by atoms with E-state index in [-0.39, 0.29) is 13.1 Å². The molecule has 0 rings (SSSR count). The van der Waals surface area contributed by atoms with Crippen molar-refractivity contribution >= 4 is 10.2 Å². The van der Waals surface area contributed by atoms with Gasteiger partial charge < -0.3 is 10.5 Å². The van der Waals surface area contributed by atoms with Gasteiger partial charge in [-0.3, -0.25) is 0 Å². The molecule has 0 heterocycles. The maximum atomic E-state index is 11.7. The van der Waals surface area contributed by atoms with Crippen molar-refractivity contribution in [3.05, 3.63) is 0 Å². The summed E-state index contributed by atoms with van der Waals surface area (Å²) in [6, 6.07) is 0. The zero-order valence-electron chi connectivity index (χ0n) is 10.2. The molecule has 0 radical (unpaired) electrons. The molecule has 0 aliphatic carbocycles. The van der Waals surface area contributed by atoms with Crippen molar-refractivity contribution in [2.45, 2.75) is 32.2 Å². The van der Waals surface area contributed by atoms with Crippen LogP contribution in [0.25, 0.3) is 0 Å². The van der Waals surface area contributed by atoms with Gasteiger partial charge in [-0.25, -0.2) is 0 Å². The second-order valence-corrected chi connectivity index (χ2v) is 5.18. The predicted molar refractivity (Wildman–Crippen MR) is 64.3 cm³/mol.